The highest BCUT2D eigenvalue weighted by Gasteiger charge is 2.12. The third kappa shape index (κ3) is 5.02. The number of hydrogen-bond acceptors (Lipinski definition) is 4. The summed E-state index contributed by atoms with van der Waals surface area (Å²) in [5, 5.41) is 2.37. The van der Waals surface area contributed by atoms with Crippen LogP contribution in [0.4, 0.5) is 5.69 Å². The number of anilines is 1. The first-order chi connectivity index (χ1) is 9.54. The molecule has 0 aliphatic carbocycles. The van der Waals surface area contributed by atoms with Gasteiger partial charge in [0.2, 0.25) is 0 Å². The Morgan fingerprint density at radius 2 is 1.90 bits per heavy atom. The quantitative estimate of drug-likeness (QED) is 0.503. The maximum absolute atomic E-state index is 11.2. The Bertz CT molecular complexity index is 524. The zero-order chi connectivity index (χ0) is 15.0. The number of carbonyl (C=O) groups excluding carboxylic acids is 2. The van der Waals surface area contributed by atoms with E-state index in [1.54, 1.807) is 6.92 Å². The van der Waals surface area contributed by atoms with Gasteiger partial charge in [-0.3, -0.25) is 4.79 Å². The topological polar surface area (TPSA) is 58.6 Å². The number of benzene rings is 1. The van der Waals surface area contributed by atoms with Crippen molar-refractivity contribution < 1.29 is 14.3 Å². The van der Waals surface area contributed by atoms with Crippen molar-refractivity contribution in [3.8, 4) is 11.8 Å². The summed E-state index contributed by atoms with van der Waals surface area (Å²) in [5.41, 5.74) is 1.94. The number of nitrogens with one attached hydrogen (secondary N) is 1. The van der Waals surface area contributed by atoms with Crippen molar-refractivity contribution in [1.29, 1.82) is 0 Å². The summed E-state index contributed by atoms with van der Waals surface area (Å²) >= 11 is 0. The van der Waals surface area contributed by atoms with Crippen molar-refractivity contribution in [3.05, 3.63) is 29.8 Å². The van der Waals surface area contributed by atoms with Crippen LogP contribution < -0.4 is 10.2 Å². The van der Waals surface area contributed by atoms with Gasteiger partial charge in [-0.05, 0) is 31.2 Å². The molecule has 20 heavy (non-hydrogen) atoms. The highest BCUT2D eigenvalue weighted by molar-refractivity contribution is 6.32. The maximum atomic E-state index is 11.2. The van der Waals surface area contributed by atoms with Gasteiger partial charge in [-0.2, -0.15) is 0 Å². The van der Waals surface area contributed by atoms with Crippen LogP contribution >= 0.6 is 0 Å². The molecule has 0 radical (unpaired) electrons. The minimum Gasteiger partial charge on any atom is -0.459 e. The van der Waals surface area contributed by atoms with E-state index in [-0.39, 0.29) is 13.2 Å². The fourth-order valence-corrected chi connectivity index (χ4v) is 1.38. The molecule has 1 aromatic carbocycles. The van der Waals surface area contributed by atoms with Crippen molar-refractivity contribution in [2.45, 2.75) is 6.92 Å². The van der Waals surface area contributed by atoms with Crippen molar-refractivity contribution in [3.63, 3.8) is 0 Å². The lowest BCUT2D eigenvalue weighted by molar-refractivity contribution is -0.154. The van der Waals surface area contributed by atoms with Crippen LogP contribution in [0, 0.1) is 11.8 Å². The van der Waals surface area contributed by atoms with Crippen molar-refractivity contribution >= 4 is 17.6 Å². The highest BCUT2D eigenvalue weighted by atomic mass is 16.5. The molecule has 0 aromatic heterocycles. The van der Waals surface area contributed by atoms with E-state index in [0.717, 1.165) is 11.3 Å². The smallest absolute Gasteiger partial charge is 0.396 e. The van der Waals surface area contributed by atoms with Gasteiger partial charge in [0.15, 0.2) is 0 Å². The second-order valence-corrected chi connectivity index (χ2v) is 4.15. The van der Waals surface area contributed by atoms with Gasteiger partial charge in [0, 0.05) is 25.3 Å². The third-order valence-corrected chi connectivity index (χ3v) is 2.41. The summed E-state index contributed by atoms with van der Waals surface area (Å²) in [4.78, 5) is 24.2. The van der Waals surface area contributed by atoms with Crippen LogP contribution in [-0.4, -0.2) is 39.1 Å². The van der Waals surface area contributed by atoms with Gasteiger partial charge in [0.05, 0.1) is 13.2 Å². The molecule has 5 nitrogen and oxygen atoms in total. The van der Waals surface area contributed by atoms with E-state index in [2.05, 4.69) is 21.9 Å². The van der Waals surface area contributed by atoms with E-state index < -0.39 is 11.9 Å². The molecule has 0 fully saturated rings. The van der Waals surface area contributed by atoms with Crippen LogP contribution in [0.2, 0.25) is 0 Å². The molecule has 0 bridgehead atoms. The Hall–Kier alpha value is -2.48. The minimum atomic E-state index is -0.885. The number of esters is 1. The summed E-state index contributed by atoms with van der Waals surface area (Å²) in [6.07, 6.45) is 0. The first-order valence-corrected chi connectivity index (χ1v) is 6.25. The minimum absolute atomic E-state index is 0.104. The molecule has 0 aliphatic rings. The second kappa shape index (κ2) is 7.85. The van der Waals surface area contributed by atoms with Crippen molar-refractivity contribution in [2.24, 2.45) is 0 Å². The molecule has 0 spiro atoms. The lowest BCUT2D eigenvalue weighted by Crippen LogP contribution is -2.32. The largest absolute Gasteiger partial charge is 0.459 e. The Kier molecular flexibility index (Phi) is 6.11. The summed E-state index contributed by atoms with van der Waals surface area (Å²) in [7, 11) is 3.93. The van der Waals surface area contributed by atoms with Crippen molar-refractivity contribution in [1.82, 2.24) is 5.32 Å². The molecule has 1 amide bonds. The lowest BCUT2D eigenvalue weighted by Gasteiger charge is -2.11. The standard InChI is InChI=1S/C15H18N2O3/c1-4-20-15(19)14(18)16-11-5-6-12-7-9-13(10-8-12)17(2)3/h7-10H,4,11H2,1-3H3,(H,16,18). The zero-order valence-corrected chi connectivity index (χ0v) is 11.9. The Labute approximate surface area is 118 Å². The molecular weight excluding hydrogens is 256 g/mol. The molecule has 1 rings (SSSR count). The Morgan fingerprint density at radius 3 is 2.45 bits per heavy atom. The fraction of sp³-hybridized carbons (Fsp3) is 0.333. The van der Waals surface area contributed by atoms with Gasteiger partial charge >= 0.3 is 11.9 Å². The van der Waals surface area contributed by atoms with Crippen molar-refractivity contribution in [2.75, 3.05) is 32.1 Å². The number of ether oxygens (including phenoxy) is 1. The predicted octanol–water partition coefficient (Wildman–Crippen LogP) is 0.783. The zero-order valence-electron chi connectivity index (χ0n) is 11.9. The third-order valence-electron chi connectivity index (χ3n) is 2.41. The second-order valence-electron chi connectivity index (χ2n) is 4.15. The molecule has 1 aromatic rings. The monoisotopic (exact) mass is 274 g/mol. The van der Waals surface area contributed by atoms with Gasteiger partial charge in [-0.1, -0.05) is 11.8 Å². The van der Waals surface area contributed by atoms with Crippen LogP contribution in [-0.2, 0) is 14.3 Å². The first kappa shape index (κ1) is 15.6. The summed E-state index contributed by atoms with van der Waals surface area (Å²) in [6.45, 7) is 1.92. The van der Waals surface area contributed by atoms with Gasteiger partial charge < -0.3 is 15.0 Å². The molecule has 0 saturated heterocycles. The molecule has 106 valence electrons. The molecule has 0 heterocycles. The van der Waals surface area contributed by atoms with Crippen LogP contribution in [0.1, 0.15) is 12.5 Å². The molecular formula is C15H18N2O3. The van der Waals surface area contributed by atoms with E-state index in [9.17, 15) is 9.59 Å². The van der Waals surface area contributed by atoms with E-state index in [1.165, 1.54) is 0 Å². The number of nitrogens with zero attached hydrogens (tertiary/aromatic N) is 1. The molecule has 0 unspecified atom stereocenters. The normalized spacial score (nSPS) is 9.15. The number of carbonyl (C=O) groups is 2. The Morgan fingerprint density at radius 1 is 1.25 bits per heavy atom. The first-order valence-electron chi connectivity index (χ1n) is 6.25. The van der Waals surface area contributed by atoms with Crippen LogP contribution in [0.5, 0.6) is 0 Å². The summed E-state index contributed by atoms with van der Waals surface area (Å²) < 4.78 is 4.55. The number of hydrogen-bond donors (Lipinski definition) is 1. The summed E-state index contributed by atoms with van der Waals surface area (Å²) in [5.74, 6) is 4.02. The molecule has 1 N–H and O–H groups in total. The summed E-state index contributed by atoms with van der Waals surface area (Å²) in [6, 6.07) is 7.72. The van der Waals surface area contributed by atoms with E-state index in [0.29, 0.717) is 0 Å². The fourth-order valence-electron chi connectivity index (χ4n) is 1.38. The van der Waals surface area contributed by atoms with Crippen LogP contribution in [0.25, 0.3) is 0 Å². The lowest BCUT2D eigenvalue weighted by atomic mass is 10.2. The SMILES string of the molecule is CCOC(=O)C(=O)NCC#Cc1ccc(N(C)C)cc1. The maximum Gasteiger partial charge on any atom is 0.396 e. The van der Waals surface area contributed by atoms with Gasteiger partial charge in [0.25, 0.3) is 0 Å². The average Bonchev–Trinajstić information content (AvgIpc) is 2.44. The van der Waals surface area contributed by atoms with Gasteiger partial charge in [-0.15, -0.1) is 0 Å². The van der Waals surface area contributed by atoms with Crippen LogP contribution in [0.15, 0.2) is 24.3 Å². The van der Waals surface area contributed by atoms with Gasteiger partial charge in [-0.25, -0.2) is 4.79 Å². The average molecular weight is 274 g/mol. The molecule has 5 heteroatoms. The van der Waals surface area contributed by atoms with Crippen LogP contribution in [0.3, 0.4) is 0 Å². The van der Waals surface area contributed by atoms with E-state index in [1.807, 2.05) is 43.3 Å². The number of rotatable bonds is 3. The Balaban J connectivity index is 2.46. The number of amides is 1. The molecule has 0 atom stereocenters. The van der Waals surface area contributed by atoms with Gasteiger partial charge in [0.1, 0.15) is 0 Å². The van der Waals surface area contributed by atoms with E-state index >= 15 is 0 Å². The highest BCUT2D eigenvalue weighted by Crippen LogP contribution is 2.11. The molecule has 0 saturated carbocycles. The molecule has 0 aliphatic heterocycles. The predicted molar refractivity (Wildman–Crippen MR) is 77.3 cm³/mol. The van der Waals surface area contributed by atoms with E-state index in [4.69, 9.17) is 0 Å².